The minimum atomic E-state index is -3.06. The summed E-state index contributed by atoms with van der Waals surface area (Å²) in [7, 11) is -1.67. The number of sulfone groups is 1. The molecule has 100 valence electrons. The van der Waals surface area contributed by atoms with E-state index in [1.807, 2.05) is 0 Å². The van der Waals surface area contributed by atoms with Crippen molar-refractivity contribution in [3.05, 3.63) is 29.6 Å². The van der Waals surface area contributed by atoms with E-state index in [9.17, 15) is 12.8 Å². The van der Waals surface area contributed by atoms with Gasteiger partial charge < -0.3 is 10.1 Å². The molecule has 0 radical (unpaired) electrons. The third-order valence-corrected chi connectivity index (χ3v) is 4.77. The minimum Gasteiger partial charge on any atom is -0.494 e. The average molecular weight is 273 g/mol. The topological polar surface area (TPSA) is 55.4 Å². The van der Waals surface area contributed by atoms with Gasteiger partial charge in [0.1, 0.15) is 0 Å². The van der Waals surface area contributed by atoms with Crippen molar-refractivity contribution in [2.24, 2.45) is 0 Å². The van der Waals surface area contributed by atoms with E-state index in [1.54, 1.807) is 6.07 Å². The van der Waals surface area contributed by atoms with E-state index in [2.05, 4.69) is 5.32 Å². The molecule has 2 rings (SSSR count). The fourth-order valence-electron chi connectivity index (χ4n) is 2.08. The molecule has 1 aliphatic heterocycles. The van der Waals surface area contributed by atoms with Crippen LogP contribution in [0.2, 0.25) is 0 Å². The van der Waals surface area contributed by atoms with Crippen LogP contribution in [0.4, 0.5) is 4.39 Å². The Morgan fingerprint density at radius 2 is 2.22 bits per heavy atom. The number of benzene rings is 1. The summed E-state index contributed by atoms with van der Waals surface area (Å²) < 4.78 is 41.8. The van der Waals surface area contributed by atoms with Gasteiger partial charge in [-0.15, -0.1) is 0 Å². The first-order chi connectivity index (χ1) is 8.52. The van der Waals surface area contributed by atoms with E-state index in [0.717, 1.165) is 0 Å². The molecule has 1 heterocycles. The lowest BCUT2D eigenvalue weighted by Gasteiger charge is -2.16. The summed E-state index contributed by atoms with van der Waals surface area (Å²) in [6.45, 7) is 0.623. The molecular weight excluding hydrogens is 257 g/mol. The Morgan fingerprint density at radius 1 is 1.44 bits per heavy atom. The second-order valence-electron chi connectivity index (χ2n) is 4.37. The Kier molecular flexibility index (Phi) is 3.87. The number of hydrogen-bond donors (Lipinski definition) is 1. The molecule has 1 aromatic rings. The summed E-state index contributed by atoms with van der Waals surface area (Å²) in [5.74, 6) is -0.109. The second kappa shape index (κ2) is 5.24. The predicted molar refractivity (Wildman–Crippen MR) is 67.0 cm³/mol. The zero-order chi connectivity index (χ0) is 13.2. The van der Waals surface area contributed by atoms with Crippen LogP contribution in [0, 0.1) is 5.82 Å². The fourth-order valence-corrected chi connectivity index (χ4v) is 3.65. The molecule has 0 aliphatic carbocycles. The standard InChI is InChI=1S/C12H16FNO3S/c1-17-12-4-3-9(7-10(12)13)11-8-18(15,16)6-2-5-14-11/h3-4,7,11,14H,2,5-6,8H2,1H3. The maximum absolute atomic E-state index is 13.6. The van der Waals surface area contributed by atoms with Gasteiger partial charge in [0.2, 0.25) is 0 Å². The number of halogens is 1. The summed E-state index contributed by atoms with van der Waals surface area (Å²) in [4.78, 5) is 0. The van der Waals surface area contributed by atoms with Gasteiger partial charge in [0.05, 0.1) is 18.6 Å². The van der Waals surface area contributed by atoms with Crippen molar-refractivity contribution < 1.29 is 17.5 Å². The van der Waals surface area contributed by atoms with Crippen LogP contribution in [-0.4, -0.2) is 33.6 Å². The number of rotatable bonds is 2. The molecule has 0 amide bonds. The molecule has 1 aromatic carbocycles. The summed E-state index contributed by atoms with van der Waals surface area (Å²) in [5.41, 5.74) is 0.638. The molecule has 1 aliphatic rings. The normalized spacial score (nSPS) is 23.3. The maximum atomic E-state index is 13.6. The van der Waals surface area contributed by atoms with Crippen molar-refractivity contribution in [2.75, 3.05) is 25.2 Å². The van der Waals surface area contributed by atoms with Gasteiger partial charge >= 0.3 is 0 Å². The minimum absolute atomic E-state index is 0.0127. The largest absolute Gasteiger partial charge is 0.494 e. The molecule has 0 spiro atoms. The van der Waals surface area contributed by atoms with Crippen LogP contribution in [0.3, 0.4) is 0 Å². The van der Waals surface area contributed by atoms with Gasteiger partial charge in [0, 0.05) is 6.04 Å². The Morgan fingerprint density at radius 3 is 2.89 bits per heavy atom. The SMILES string of the molecule is COc1ccc(C2CS(=O)(=O)CCCN2)cc1F. The van der Waals surface area contributed by atoms with E-state index in [0.29, 0.717) is 18.5 Å². The first-order valence-electron chi connectivity index (χ1n) is 5.79. The van der Waals surface area contributed by atoms with E-state index in [-0.39, 0.29) is 23.3 Å². The van der Waals surface area contributed by atoms with Crippen molar-refractivity contribution in [3.8, 4) is 5.75 Å². The highest BCUT2D eigenvalue weighted by Crippen LogP contribution is 2.24. The quantitative estimate of drug-likeness (QED) is 0.882. The third kappa shape index (κ3) is 3.00. The smallest absolute Gasteiger partial charge is 0.165 e. The molecule has 1 N–H and O–H groups in total. The van der Waals surface area contributed by atoms with Gasteiger partial charge in [-0.1, -0.05) is 6.07 Å². The lowest BCUT2D eigenvalue weighted by Crippen LogP contribution is -2.25. The third-order valence-electron chi connectivity index (χ3n) is 3.02. The summed E-state index contributed by atoms with van der Waals surface area (Å²) in [5, 5.41) is 3.13. The first-order valence-corrected chi connectivity index (χ1v) is 7.61. The molecule has 0 saturated carbocycles. The molecule has 6 heteroatoms. The molecule has 0 bridgehead atoms. The van der Waals surface area contributed by atoms with Crippen LogP contribution >= 0.6 is 0 Å². The van der Waals surface area contributed by atoms with Gasteiger partial charge in [-0.05, 0) is 30.7 Å². The van der Waals surface area contributed by atoms with Gasteiger partial charge in [0.15, 0.2) is 21.4 Å². The van der Waals surface area contributed by atoms with Crippen LogP contribution in [0.1, 0.15) is 18.0 Å². The molecule has 4 nitrogen and oxygen atoms in total. The highest BCUT2D eigenvalue weighted by molar-refractivity contribution is 7.91. The Labute approximate surface area is 106 Å². The highest BCUT2D eigenvalue weighted by Gasteiger charge is 2.24. The first kappa shape index (κ1) is 13.3. The molecule has 1 fully saturated rings. The average Bonchev–Trinajstić information content (AvgIpc) is 2.50. The molecule has 1 atom stereocenters. The van der Waals surface area contributed by atoms with Gasteiger partial charge in [-0.25, -0.2) is 12.8 Å². The van der Waals surface area contributed by atoms with Crippen molar-refractivity contribution >= 4 is 9.84 Å². The van der Waals surface area contributed by atoms with Gasteiger partial charge in [-0.2, -0.15) is 0 Å². The molecule has 1 unspecified atom stereocenters. The van der Waals surface area contributed by atoms with Crippen LogP contribution in [-0.2, 0) is 9.84 Å². The summed E-state index contributed by atoms with van der Waals surface area (Å²) in [6, 6.07) is 4.19. The molecular formula is C12H16FNO3S. The zero-order valence-electron chi connectivity index (χ0n) is 10.1. The zero-order valence-corrected chi connectivity index (χ0v) is 11.0. The molecule has 0 aromatic heterocycles. The second-order valence-corrected chi connectivity index (χ2v) is 6.60. The summed E-state index contributed by atoms with van der Waals surface area (Å²) >= 11 is 0. The Balaban J connectivity index is 2.27. The van der Waals surface area contributed by atoms with Crippen LogP contribution in [0.5, 0.6) is 5.75 Å². The van der Waals surface area contributed by atoms with E-state index in [1.165, 1.54) is 19.2 Å². The van der Waals surface area contributed by atoms with Crippen molar-refractivity contribution in [3.63, 3.8) is 0 Å². The number of hydrogen-bond acceptors (Lipinski definition) is 4. The van der Waals surface area contributed by atoms with Gasteiger partial charge in [0.25, 0.3) is 0 Å². The fraction of sp³-hybridized carbons (Fsp3) is 0.500. The summed E-state index contributed by atoms with van der Waals surface area (Å²) in [6.07, 6.45) is 0.595. The molecule has 18 heavy (non-hydrogen) atoms. The number of nitrogens with one attached hydrogen (secondary N) is 1. The van der Waals surface area contributed by atoms with Crippen LogP contribution < -0.4 is 10.1 Å². The maximum Gasteiger partial charge on any atom is 0.165 e. The van der Waals surface area contributed by atoms with Crippen molar-refractivity contribution in [2.45, 2.75) is 12.5 Å². The van der Waals surface area contributed by atoms with E-state index < -0.39 is 15.7 Å². The predicted octanol–water partition coefficient (Wildman–Crippen LogP) is 1.28. The van der Waals surface area contributed by atoms with Crippen LogP contribution in [0.15, 0.2) is 18.2 Å². The van der Waals surface area contributed by atoms with Crippen molar-refractivity contribution in [1.82, 2.24) is 5.32 Å². The number of methoxy groups -OCH3 is 1. The lowest BCUT2D eigenvalue weighted by atomic mass is 10.1. The highest BCUT2D eigenvalue weighted by atomic mass is 32.2. The van der Waals surface area contributed by atoms with Gasteiger partial charge in [-0.3, -0.25) is 0 Å². The van der Waals surface area contributed by atoms with Crippen LogP contribution in [0.25, 0.3) is 0 Å². The van der Waals surface area contributed by atoms with E-state index in [4.69, 9.17) is 4.74 Å². The monoisotopic (exact) mass is 273 g/mol. The molecule has 1 saturated heterocycles. The van der Waals surface area contributed by atoms with E-state index >= 15 is 0 Å². The number of ether oxygens (including phenoxy) is 1. The Bertz CT molecular complexity index is 530. The lowest BCUT2D eigenvalue weighted by molar-refractivity contribution is 0.385. The van der Waals surface area contributed by atoms with Crippen molar-refractivity contribution in [1.29, 1.82) is 0 Å². The Hall–Kier alpha value is -1.14.